The molecule has 0 amide bonds. The van der Waals surface area contributed by atoms with Crippen LogP contribution in [0.5, 0.6) is 0 Å². The number of fused-ring (bicyclic) bond motifs is 9. The summed E-state index contributed by atoms with van der Waals surface area (Å²) in [6, 6.07) is 75.5. The molecule has 0 fully saturated rings. The minimum absolute atomic E-state index is 0.0573. The molecule has 0 bridgehead atoms. The van der Waals surface area contributed by atoms with Crippen molar-refractivity contribution >= 4 is 356 Å². The average molecular weight is 2220 g/mol. The molecule has 25 nitrogen and oxygen atoms in total. The third kappa shape index (κ3) is 36.2. The van der Waals surface area contributed by atoms with E-state index in [0.29, 0.717) is 50.8 Å². The van der Waals surface area contributed by atoms with Gasteiger partial charge in [-0.05, 0) is 372 Å². The standard InChI is InChI=1S/C13H9NOS.C8H8N2OS.2C8H8N2S.C8H7NOS2.C8H7NS2.C7H6N2S.C7H5NOS.C7H5NS2.C6H8N2S.C4H4N2S.C3H5NS2.C3H3NS2.C2H2N2S3/c16-13-14-11-7-6-10(8-12(11)15-13)9-4-2-1-3-5-9;11-4-5-1-2-6-7(3-5)10-8(12)9-6;2*1-5-2-3-6-7(4-5)10-8(11)9-6;10-4-5-1-2-6-7(3-5)12-8(11)9-6;1-5-2-3-6-7(4-5)11-8(10)9-6;2*10-7-8-5-3-1-2-4-6(5)9-7;9-7-8-5-3-1-2-4-6(5)10-7;1-4-3-5(2)8-6(9)7-4;7-4-5-2-1-3-6-4;2*5-3-1-2-4-6-3;5-1-3-4-2(6)7-1/h1-8H,(H,14,16);1-3,11H,4H2,(H2,9,10,12);2*2-4H,1H3,(H2,9,10,11);1-3,10H,4H2,(H,9,11);2-4H,1H3,(H,9,10);1-4H,(H2,8,9,10);1-4H,(H,8,10);1-4H,(H,8,9);3H,1-2H3,(H,7,8,9);1-3H,(H,5,6,7);2-3,5H,1H2;1-2,4H;(H,3,5)(H,4,6). The maximum atomic E-state index is 8.87. The van der Waals surface area contributed by atoms with Crippen molar-refractivity contribution in [3.8, 4) is 11.1 Å². The number of nitrogens with zero attached hydrogens (tertiary/aromatic N) is 3. The quantitative estimate of drug-likeness (QED) is 0.0444. The summed E-state index contributed by atoms with van der Waals surface area (Å²) in [7, 11) is 0. The van der Waals surface area contributed by atoms with E-state index in [4.69, 9.17) is 178 Å². The van der Waals surface area contributed by atoms with Crippen LogP contribution in [0.2, 0.25) is 0 Å². The molecule has 46 heteroatoms. The number of thiol groups is 1. The number of rotatable bonds is 3. The molecule has 0 aliphatic carbocycles. The smallest absolute Gasteiger partial charge is 0.266 e. The van der Waals surface area contributed by atoms with E-state index in [1.165, 1.54) is 77.8 Å². The van der Waals surface area contributed by atoms with E-state index in [2.05, 4.69) is 216 Å². The number of benzene rings is 10. The van der Waals surface area contributed by atoms with Crippen molar-refractivity contribution in [2.45, 2.75) is 58.8 Å². The number of nitrogens with one attached hydrogen (secondary N) is 18. The van der Waals surface area contributed by atoms with Gasteiger partial charge in [0.1, 0.15) is 3.82 Å². The Labute approximate surface area is 888 Å². The largest absolute Gasteiger partial charge is 0.429 e. The van der Waals surface area contributed by atoms with E-state index in [9.17, 15) is 0 Å². The summed E-state index contributed by atoms with van der Waals surface area (Å²) in [5.41, 5.74) is 25.0. The lowest BCUT2D eigenvalue weighted by Gasteiger charge is -1.99. The van der Waals surface area contributed by atoms with Gasteiger partial charge in [0, 0.05) is 42.6 Å². The number of aromatic amines is 18. The zero-order valence-electron chi connectivity index (χ0n) is 73.1. The molecule has 1 unspecified atom stereocenters. The van der Waals surface area contributed by atoms with E-state index in [-0.39, 0.29) is 13.2 Å². The van der Waals surface area contributed by atoms with Gasteiger partial charge in [-0.25, -0.2) is 14.4 Å². The second kappa shape index (κ2) is 55.4. The molecule has 1 aliphatic rings. The van der Waals surface area contributed by atoms with Crippen molar-refractivity contribution in [3.63, 3.8) is 0 Å². The Hall–Kier alpha value is -10.6. The summed E-state index contributed by atoms with van der Waals surface area (Å²) < 4.78 is 29.8. The van der Waals surface area contributed by atoms with Gasteiger partial charge in [-0.15, -0.1) is 34.0 Å². The average Bonchev–Trinajstić information content (AvgIpc) is 0.982. The first-order chi connectivity index (χ1) is 66.4. The number of aromatic nitrogens is 20. The van der Waals surface area contributed by atoms with Gasteiger partial charge in [-0.3, -0.25) is 10.2 Å². The monoisotopic (exact) mass is 2220 g/mol. The number of hydrogen-bond donors (Lipinski definition) is 21. The third-order valence-electron chi connectivity index (χ3n) is 18.0. The van der Waals surface area contributed by atoms with Crippen LogP contribution in [-0.4, -0.2) is 120 Å². The minimum atomic E-state index is 0.0573. The van der Waals surface area contributed by atoms with Crippen molar-refractivity contribution in [1.82, 2.24) is 99.3 Å². The van der Waals surface area contributed by atoms with E-state index < -0.39 is 0 Å². The van der Waals surface area contributed by atoms with Crippen molar-refractivity contribution < 1.29 is 19.0 Å². The molecule has 1 aliphatic heterocycles. The number of imidazole rings is 4. The molecule has 138 heavy (non-hydrogen) atoms. The summed E-state index contributed by atoms with van der Waals surface area (Å²) in [6.07, 6.45) is 8.14. The van der Waals surface area contributed by atoms with E-state index in [1.807, 2.05) is 184 Å². The predicted octanol–water partition coefficient (Wildman–Crippen LogP) is 32.3. The van der Waals surface area contributed by atoms with Crippen LogP contribution < -0.4 is 0 Å². The summed E-state index contributed by atoms with van der Waals surface area (Å²) in [6.45, 7) is 10.2. The van der Waals surface area contributed by atoms with Crippen molar-refractivity contribution in [1.29, 1.82) is 0 Å². The summed E-state index contributed by atoms with van der Waals surface area (Å²) in [5.74, 6) is 0. The molecule has 24 rings (SSSR count). The van der Waals surface area contributed by atoms with Crippen LogP contribution >= 0.6 is 253 Å². The molecule has 20 N–H and O–H groups in total. The lowest BCUT2D eigenvalue weighted by atomic mass is 10.1. The fourth-order valence-electron chi connectivity index (χ4n) is 11.9. The molecule has 13 aromatic heterocycles. The predicted molar refractivity (Wildman–Crippen MR) is 615 cm³/mol. The van der Waals surface area contributed by atoms with E-state index in [1.54, 1.807) is 41.1 Å². The van der Waals surface area contributed by atoms with Crippen molar-refractivity contribution in [3.05, 3.63) is 350 Å². The Morgan fingerprint density at radius 1 is 0.362 bits per heavy atom. The van der Waals surface area contributed by atoms with Crippen LogP contribution in [0.25, 0.3) is 108 Å². The summed E-state index contributed by atoms with van der Waals surface area (Å²) in [4.78, 5) is 53.6. The highest BCUT2D eigenvalue weighted by Gasteiger charge is 2.07. The first-order valence-corrected chi connectivity index (χ1v) is 51.9. The number of aliphatic hydroxyl groups is 2. The molecule has 0 spiro atoms. The van der Waals surface area contributed by atoms with Crippen LogP contribution in [0.1, 0.15) is 45.6 Å². The number of aryl methyl sites for hydroxylation is 5. The molecule has 23 aromatic rings. The zero-order chi connectivity index (χ0) is 98.6. The van der Waals surface area contributed by atoms with Crippen LogP contribution in [0.4, 0.5) is 0 Å². The Bertz CT molecular complexity index is 8140. The number of H-pyrrole nitrogens is 18. The van der Waals surface area contributed by atoms with Gasteiger partial charge in [0.15, 0.2) is 59.6 Å². The Morgan fingerprint density at radius 2 is 0.804 bits per heavy atom. The first-order valence-electron chi connectivity index (χ1n) is 40.7. The fraction of sp³-hybridized carbons (Fsp3) is 0.0978. The van der Waals surface area contributed by atoms with Crippen LogP contribution in [0, 0.1) is 96.5 Å². The third-order valence-corrected chi connectivity index (χ3v) is 26.7. The topological polar surface area (TPSA) is 389 Å². The maximum absolute atomic E-state index is 8.87. The molecule has 1 atom stereocenters. The second-order valence-corrected chi connectivity index (χ2v) is 42.8. The molecule has 14 heterocycles. The lowest BCUT2D eigenvalue weighted by Crippen LogP contribution is -1.87. The van der Waals surface area contributed by atoms with Crippen molar-refractivity contribution in [2.75, 3.05) is 0 Å². The number of hydrogen-bond acceptors (Lipinski definition) is 28. The van der Waals surface area contributed by atoms with Gasteiger partial charge in [0.2, 0.25) is 0 Å². The zero-order valence-corrected chi connectivity index (χ0v) is 90.3. The normalized spacial score (nSPS) is 11.2. The molecule has 0 saturated heterocycles. The first kappa shape index (κ1) is 108. The van der Waals surface area contributed by atoms with E-state index >= 15 is 0 Å². The summed E-state index contributed by atoms with van der Waals surface area (Å²) >= 11 is 81.3. The lowest BCUT2D eigenvalue weighted by molar-refractivity contribution is 0.282. The Balaban J connectivity index is 0.000000143. The molecular formula is C92H85N21O4S21. The van der Waals surface area contributed by atoms with Gasteiger partial charge >= 0.3 is 0 Å². The molecule has 10 aromatic carbocycles. The van der Waals surface area contributed by atoms with E-state index in [0.717, 1.165) is 138 Å². The highest BCUT2D eigenvalue weighted by molar-refractivity contribution is 8.09. The molecule has 708 valence electrons. The minimum Gasteiger partial charge on any atom is -0.429 e. The number of oxazole rings is 2. The highest BCUT2D eigenvalue weighted by atomic mass is 32.2. The van der Waals surface area contributed by atoms with Gasteiger partial charge in [-0.1, -0.05) is 138 Å². The van der Waals surface area contributed by atoms with Crippen LogP contribution in [0.3, 0.4) is 0 Å². The van der Waals surface area contributed by atoms with Crippen molar-refractivity contribution in [2.24, 2.45) is 4.40 Å². The fourth-order valence-corrected chi connectivity index (χ4v) is 19.6. The van der Waals surface area contributed by atoms with Gasteiger partial charge < -0.3 is 98.2 Å². The van der Waals surface area contributed by atoms with Gasteiger partial charge in [0.05, 0.1) is 104 Å². The molecule has 0 saturated carbocycles. The highest BCUT2D eigenvalue weighted by Crippen LogP contribution is 2.27. The van der Waals surface area contributed by atoms with Gasteiger partial charge in [-0.2, -0.15) is 12.6 Å². The molecular weight excluding hydrogens is 2140 g/mol. The number of para-hydroxylation sites is 5. The maximum Gasteiger partial charge on any atom is 0.266 e. The number of thiazole rings is 3. The Kier molecular flexibility index (Phi) is 43.3. The molecule has 0 radical (unpaired) electrons. The Morgan fingerprint density at radius 3 is 1.25 bits per heavy atom. The van der Waals surface area contributed by atoms with Crippen LogP contribution in [0.15, 0.2) is 262 Å². The second-order valence-electron chi connectivity index (χ2n) is 28.6. The van der Waals surface area contributed by atoms with Gasteiger partial charge in [0.25, 0.3) is 9.67 Å². The number of aliphatic hydroxyl groups excluding tert-OH is 2. The summed E-state index contributed by atoms with van der Waals surface area (Å²) in [5, 5.41) is 23.1. The SMILES string of the molecule is Cc1cc(C)[nH]c(=S)n1.Cc1ccc2[nH]c(=S)[nH]c2c1.Cc1ccc2[nH]c(=S)[nH]c2c1.Cc1ccc2[nH]c(=S)sc2c1.OCc1ccc2[nH]c(=S)[nH]c2c1.OCc1ccc2[nH]c(=S)sc2c1.S=c1[nH][nH]c(=S)s1.S=c1[nH]c2ccc(-c3ccccc3)cc2o1.S=c1[nH]c2ccccc2[nH]1.S=c1[nH]c2ccccc2o1.S=c1[nH]c2ccccc2s1.S=c1cc[nH]s1.S=c1nccc[nH]1.SC1CC=NS1. The van der Waals surface area contributed by atoms with Crippen LogP contribution in [-0.2, 0) is 13.2 Å².